The molecule has 1 unspecified atom stereocenters. The van der Waals surface area contributed by atoms with Crippen LogP contribution in [0.15, 0.2) is 15.2 Å². The molecule has 0 radical (unpaired) electrons. The summed E-state index contributed by atoms with van der Waals surface area (Å²) in [6.07, 6.45) is 0.226. The van der Waals surface area contributed by atoms with E-state index >= 15 is 0 Å². The number of rotatable bonds is 6. The lowest BCUT2D eigenvalue weighted by Crippen LogP contribution is -2.41. The molecule has 1 rings (SSSR count). The van der Waals surface area contributed by atoms with E-state index in [0.717, 1.165) is 3.79 Å². The lowest BCUT2D eigenvalue weighted by molar-refractivity contribution is -0.140. The fourth-order valence-electron chi connectivity index (χ4n) is 1.41. The van der Waals surface area contributed by atoms with Gasteiger partial charge in [0, 0.05) is 18.4 Å². The molecule has 0 aliphatic carbocycles. The number of carbonyl (C=O) groups is 2. The first-order valence-corrected chi connectivity index (χ1v) is 7.78. The number of amides is 1. The second-order valence-electron chi connectivity index (χ2n) is 5.25. The number of carboxylic acids is 1. The zero-order valence-corrected chi connectivity index (χ0v) is 14.0. The molecule has 0 aliphatic heterocycles. The summed E-state index contributed by atoms with van der Waals surface area (Å²) in [7, 11) is 0. The van der Waals surface area contributed by atoms with Gasteiger partial charge in [0.2, 0.25) is 0 Å². The molecule has 5 nitrogen and oxygen atoms in total. The second-order valence-corrected chi connectivity index (χ2v) is 7.54. The van der Waals surface area contributed by atoms with Crippen LogP contribution in [0.2, 0.25) is 0 Å². The molecule has 1 amide bonds. The summed E-state index contributed by atoms with van der Waals surface area (Å²) >= 11 is 4.63. The molecule has 20 heavy (non-hydrogen) atoms. The smallest absolute Gasteiger partial charge is 0.326 e. The number of aliphatic carboxylic acids is 1. The highest BCUT2D eigenvalue weighted by molar-refractivity contribution is 9.11. The van der Waals surface area contributed by atoms with Gasteiger partial charge < -0.3 is 15.2 Å². The van der Waals surface area contributed by atoms with Crippen LogP contribution >= 0.6 is 27.3 Å². The average molecular weight is 364 g/mol. The minimum Gasteiger partial charge on any atom is -0.480 e. The Kier molecular flexibility index (Phi) is 6.16. The van der Waals surface area contributed by atoms with Crippen LogP contribution in [0, 0.1) is 0 Å². The van der Waals surface area contributed by atoms with Crippen molar-refractivity contribution in [2.24, 2.45) is 0 Å². The van der Waals surface area contributed by atoms with Gasteiger partial charge in [-0.1, -0.05) is 0 Å². The van der Waals surface area contributed by atoms with Crippen LogP contribution in [0.5, 0.6) is 0 Å². The highest BCUT2D eigenvalue weighted by atomic mass is 79.9. The van der Waals surface area contributed by atoms with E-state index in [0.29, 0.717) is 5.56 Å². The van der Waals surface area contributed by atoms with Gasteiger partial charge in [-0.25, -0.2) is 4.79 Å². The zero-order chi connectivity index (χ0) is 15.3. The lowest BCUT2D eigenvalue weighted by Gasteiger charge is -2.21. The first-order valence-electron chi connectivity index (χ1n) is 6.11. The van der Waals surface area contributed by atoms with E-state index in [-0.39, 0.29) is 18.6 Å². The summed E-state index contributed by atoms with van der Waals surface area (Å²) in [4.78, 5) is 23.1. The molecule has 7 heteroatoms. The first kappa shape index (κ1) is 17.1. The molecule has 112 valence electrons. The summed E-state index contributed by atoms with van der Waals surface area (Å²) in [5.74, 6) is -1.46. The predicted molar refractivity (Wildman–Crippen MR) is 81.2 cm³/mol. The quantitative estimate of drug-likeness (QED) is 0.814. The van der Waals surface area contributed by atoms with E-state index in [9.17, 15) is 9.59 Å². The molecule has 1 aromatic heterocycles. The van der Waals surface area contributed by atoms with Crippen molar-refractivity contribution in [3.63, 3.8) is 0 Å². The van der Waals surface area contributed by atoms with Crippen molar-refractivity contribution in [1.82, 2.24) is 5.32 Å². The van der Waals surface area contributed by atoms with E-state index in [1.807, 2.05) is 20.8 Å². The Balaban J connectivity index is 2.55. The highest BCUT2D eigenvalue weighted by Gasteiger charge is 2.22. The predicted octanol–water partition coefficient (Wildman–Crippen LogP) is 2.90. The van der Waals surface area contributed by atoms with Crippen molar-refractivity contribution in [1.29, 1.82) is 0 Å². The van der Waals surface area contributed by atoms with Gasteiger partial charge in [-0.2, -0.15) is 0 Å². The van der Waals surface area contributed by atoms with Crippen LogP contribution in [0.25, 0.3) is 0 Å². The van der Waals surface area contributed by atoms with Gasteiger partial charge in [-0.3, -0.25) is 4.79 Å². The Morgan fingerprint density at radius 3 is 2.60 bits per heavy atom. The topological polar surface area (TPSA) is 75.6 Å². The summed E-state index contributed by atoms with van der Waals surface area (Å²) in [5, 5.41) is 13.3. The third kappa shape index (κ3) is 6.02. The normalized spacial score (nSPS) is 13.0. The Hall–Kier alpha value is -0.920. The monoisotopic (exact) mass is 363 g/mol. The van der Waals surface area contributed by atoms with Gasteiger partial charge in [-0.15, -0.1) is 11.3 Å². The SMILES string of the molecule is CC(C)(C)OCCC(NC(=O)c1csc(Br)c1)C(=O)O. The van der Waals surface area contributed by atoms with Crippen LogP contribution in [0.3, 0.4) is 0 Å². The molecule has 2 N–H and O–H groups in total. The third-order valence-electron chi connectivity index (χ3n) is 2.37. The maximum Gasteiger partial charge on any atom is 0.326 e. The molecule has 1 heterocycles. The molecule has 0 aromatic carbocycles. The van der Waals surface area contributed by atoms with Crippen molar-refractivity contribution in [3.05, 3.63) is 20.8 Å². The van der Waals surface area contributed by atoms with Crippen molar-refractivity contribution in [2.75, 3.05) is 6.61 Å². The summed E-state index contributed by atoms with van der Waals surface area (Å²) in [6, 6.07) is 0.702. The van der Waals surface area contributed by atoms with Crippen molar-refractivity contribution < 1.29 is 19.4 Å². The molecular formula is C13H18BrNO4S. The number of carbonyl (C=O) groups excluding carboxylic acids is 1. The summed E-state index contributed by atoms with van der Waals surface area (Å²) < 4.78 is 6.31. The minimum atomic E-state index is -1.06. The number of nitrogens with one attached hydrogen (secondary N) is 1. The van der Waals surface area contributed by atoms with Crippen LogP contribution in [0.1, 0.15) is 37.6 Å². The molecule has 1 atom stereocenters. The zero-order valence-electron chi connectivity index (χ0n) is 11.6. The third-order valence-corrected chi connectivity index (χ3v) is 3.88. The molecule has 0 fully saturated rings. The molecule has 0 bridgehead atoms. The Bertz CT molecular complexity index is 481. The van der Waals surface area contributed by atoms with Gasteiger partial charge in [0.25, 0.3) is 5.91 Å². The Labute approximate surface area is 130 Å². The fraction of sp³-hybridized carbons (Fsp3) is 0.538. The number of hydrogen-bond acceptors (Lipinski definition) is 4. The fourth-order valence-corrected chi connectivity index (χ4v) is 2.55. The average Bonchev–Trinajstić information content (AvgIpc) is 2.72. The van der Waals surface area contributed by atoms with E-state index in [1.165, 1.54) is 11.3 Å². The number of carboxylic acid groups (broad SMARTS) is 1. The maximum atomic E-state index is 11.9. The standard InChI is InChI=1S/C13H18BrNO4S/c1-13(2,3)19-5-4-9(12(17)18)15-11(16)8-6-10(14)20-7-8/h6-7,9H,4-5H2,1-3H3,(H,15,16)(H,17,18). The Morgan fingerprint density at radius 2 is 2.15 bits per heavy atom. The van der Waals surface area contributed by atoms with Gasteiger partial charge in [0.1, 0.15) is 6.04 Å². The minimum absolute atomic E-state index is 0.226. The molecule has 0 aliphatic rings. The number of hydrogen-bond donors (Lipinski definition) is 2. The molecule has 1 aromatic rings. The summed E-state index contributed by atoms with van der Waals surface area (Å²) in [5.41, 5.74) is 0.121. The molecule has 0 saturated heterocycles. The molecular weight excluding hydrogens is 346 g/mol. The van der Waals surface area contributed by atoms with Gasteiger partial charge >= 0.3 is 5.97 Å². The largest absolute Gasteiger partial charge is 0.480 e. The van der Waals surface area contributed by atoms with E-state index in [1.54, 1.807) is 11.4 Å². The van der Waals surface area contributed by atoms with Crippen molar-refractivity contribution in [3.8, 4) is 0 Å². The highest BCUT2D eigenvalue weighted by Crippen LogP contribution is 2.20. The first-order chi connectivity index (χ1) is 9.19. The van der Waals surface area contributed by atoms with E-state index in [4.69, 9.17) is 9.84 Å². The van der Waals surface area contributed by atoms with Crippen LogP contribution in [0.4, 0.5) is 0 Å². The lowest BCUT2D eigenvalue weighted by atomic mass is 10.1. The van der Waals surface area contributed by atoms with Crippen LogP contribution in [-0.4, -0.2) is 35.2 Å². The second kappa shape index (κ2) is 7.19. The van der Waals surface area contributed by atoms with Crippen LogP contribution in [-0.2, 0) is 9.53 Å². The van der Waals surface area contributed by atoms with Crippen LogP contribution < -0.4 is 5.32 Å². The number of halogens is 1. The van der Waals surface area contributed by atoms with Gasteiger partial charge in [-0.05, 0) is 42.8 Å². The molecule has 0 saturated carbocycles. The number of ether oxygens (including phenoxy) is 1. The van der Waals surface area contributed by atoms with Gasteiger partial charge in [0.15, 0.2) is 0 Å². The van der Waals surface area contributed by atoms with Crippen molar-refractivity contribution >= 4 is 39.1 Å². The summed E-state index contributed by atoms with van der Waals surface area (Å²) in [6.45, 7) is 5.95. The van der Waals surface area contributed by atoms with Crippen molar-refractivity contribution in [2.45, 2.75) is 38.8 Å². The van der Waals surface area contributed by atoms with E-state index in [2.05, 4.69) is 21.2 Å². The maximum absolute atomic E-state index is 11.9. The number of thiophene rings is 1. The van der Waals surface area contributed by atoms with E-state index < -0.39 is 17.9 Å². The Morgan fingerprint density at radius 1 is 1.50 bits per heavy atom. The molecule has 0 spiro atoms. The van der Waals surface area contributed by atoms with Gasteiger partial charge in [0.05, 0.1) is 15.0 Å².